The summed E-state index contributed by atoms with van der Waals surface area (Å²) in [7, 11) is 3.28. The third-order valence-electron chi connectivity index (χ3n) is 4.70. The van der Waals surface area contributed by atoms with Crippen molar-refractivity contribution in [1.29, 1.82) is 0 Å². The number of tetrazole rings is 1. The number of aryl methyl sites for hydroxylation is 1. The highest BCUT2D eigenvalue weighted by Gasteiger charge is 2.20. The number of ketones is 1. The fraction of sp³-hybridized carbons (Fsp3) is 0.400. The van der Waals surface area contributed by atoms with Crippen LogP contribution in [-0.4, -0.2) is 51.4 Å². The first kappa shape index (κ1) is 19.8. The van der Waals surface area contributed by atoms with Gasteiger partial charge in [-0.3, -0.25) is 4.79 Å². The van der Waals surface area contributed by atoms with Crippen molar-refractivity contribution in [1.82, 2.24) is 24.8 Å². The smallest absolute Gasteiger partial charge is 0.205 e. The average Bonchev–Trinajstić information content (AvgIpc) is 3.26. The van der Waals surface area contributed by atoms with Crippen molar-refractivity contribution in [2.75, 3.05) is 20.8 Å². The van der Waals surface area contributed by atoms with E-state index in [9.17, 15) is 4.79 Å². The van der Waals surface area contributed by atoms with Crippen LogP contribution in [0.15, 0.2) is 30.3 Å². The fourth-order valence-corrected chi connectivity index (χ4v) is 3.45. The third-order valence-corrected chi connectivity index (χ3v) is 4.70. The molecule has 0 aliphatic rings. The number of nitrogens with zero attached hydrogens (tertiary/aromatic N) is 5. The van der Waals surface area contributed by atoms with Gasteiger partial charge in [-0.2, -0.15) is 4.80 Å². The number of methoxy groups -OCH3 is 2. The second-order valence-corrected chi connectivity index (χ2v) is 6.76. The molecule has 0 amide bonds. The lowest BCUT2D eigenvalue weighted by atomic mass is 10.1. The minimum atomic E-state index is -0.0569. The van der Waals surface area contributed by atoms with Gasteiger partial charge in [0.15, 0.2) is 5.78 Å². The molecule has 3 aromatic rings. The number of carbonyl (C=O) groups excluding carboxylic acids is 1. The van der Waals surface area contributed by atoms with Crippen LogP contribution in [-0.2, 0) is 11.3 Å². The zero-order chi connectivity index (χ0) is 20.3. The summed E-state index contributed by atoms with van der Waals surface area (Å²) in [5.41, 5.74) is 3.39. The van der Waals surface area contributed by atoms with E-state index < -0.39 is 0 Å². The van der Waals surface area contributed by atoms with Gasteiger partial charge in [-0.25, -0.2) is 0 Å². The predicted octanol–water partition coefficient (Wildman–Crippen LogP) is 2.86. The molecule has 0 fully saturated rings. The van der Waals surface area contributed by atoms with Crippen LogP contribution < -0.4 is 4.74 Å². The Morgan fingerprint density at radius 2 is 2.00 bits per heavy atom. The Morgan fingerprint density at radius 1 is 1.21 bits per heavy atom. The molecule has 0 aliphatic heterocycles. The SMILES string of the molecule is COCC(C)n1c(C)cc(C(=O)Cn2nnc(-c3cccc(OC)c3)n2)c1C. The topological polar surface area (TPSA) is 84.1 Å². The maximum Gasteiger partial charge on any atom is 0.205 e. The van der Waals surface area contributed by atoms with E-state index in [0.717, 1.165) is 17.0 Å². The number of Topliss-reactive ketones (excluding diaryl/α,β-unsaturated/α-hetero) is 1. The van der Waals surface area contributed by atoms with Gasteiger partial charge in [0.2, 0.25) is 5.82 Å². The Kier molecular flexibility index (Phi) is 5.89. The van der Waals surface area contributed by atoms with E-state index in [1.54, 1.807) is 14.2 Å². The van der Waals surface area contributed by atoms with Gasteiger partial charge >= 0.3 is 0 Å². The molecule has 28 heavy (non-hydrogen) atoms. The van der Waals surface area contributed by atoms with Gasteiger partial charge < -0.3 is 14.0 Å². The van der Waals surface area contributed by atoms with Crippen LogP contribution in [0.5, 0.6) is 5.75 Å². The molecule has 1 unspecified atom stereocenters. The van der Waals surface area contributed by atoms with E-state index in [-0.39, 0.29) is 18.4 Å². The molecule has 0 saturated heterocycles. The first-order valence-corrected chi connectivity index (χ1v) is 9.07. The van der Waals surface area contributed by atoms with Crippen LogP contribution in [0.1, 0.15) is 34.7 Å². The summed E-state index contributed by atoms with van der Waals surface area (Å²) < 4.78 is 12.6. The van der Waals surface area contributed by atoms with E-state index in [4.69, 9.17) is 9.47 Å². The molecule has 2 aromatic heterocycles. The van der Waals surface area contributed by atoms with E-state index in [1.807, 2.05) is 44.2 Å². The minimum absolute atomic E-state index is 0.0277. The Bertz CT molecular complexity index is 976. The molecule has 148 valence electrons. The van der Waals surface area contributed by atoms with Crippen molar-refractivity contribution in [2.24, 2.45) is 0 Å². The summed E-state index contributed by atoms with van der Waals surface area (Å²) >= 11 is 0. The Balaban J connectivity index is 1.79. The standard InChI is InChI=1S/C20H25N5O3/c1-13-9-18(15(3)25(13)14(2)12-27-4)19(26)11-24-22-20(21-23-24)16-7-6-8-17(10-16)28-5/h6-10,14H,11-12H2,1-5H3. The molecule has 0 radical (unpaired) electrons. The Morgan fingerprint density at radius 3 is 2.71 bits per heavy atom. The number of benzene rings is 1. The number of carbonyl (C=O) groups is 1. The minimum Gasteiger partial charge on any atom is -0.497 e. The highest BCUT2D eigenvalue weighted by Crippen LogP contribution is 2.22. The Hall–Kier alpha value is -3.00. The van der Waals surface area contributed by atoms with Crippen molar-refractivity contribution >= 4 is 5.78 Å². The molecule has 2 heterocycles. The van der Waals surface area contributed by atoms with Crippen molar-refractivity contribution in [3.63, 3.8) is 0 Å². The van der Waals surface area contributed by atoms with Gasteiger partial charge in [-0.15, -0.1) is 10.2 Å². The molecule has 0 saturated carbocycles. The molecule has 8 nitrogen and oxygen atoms in total. The molecular formula is C20H25N5O3. The number of hydrogen-bond acceptors (Lipinski definition) is 6. The molecule has 0 bridgehead atoms. The summed E-state index contributed by atoms with van der Waals surface area (Å²) in [4.78, 5) is 14.2. The number of hydrogen-bond donors (Lipinski definition) is 0. The van der Waals surface area contributed by atoms with Gasteiger partial charge in [-0.05, 0) is 44.2 Å². The van der Waals surface area contributed by atoms with Crippen molar-refractivity contribution in [3.05, 3.63) is 47.3 Å². The molecular weight excluding hydrogens is 358 g/mol. The normalized spacial score (nSPS) is 12.2. The van der Waals surface area contributed by atoms with E-state index in [1.165, 1.54) is 4.80 Å². The maximum absolute atomic E-state index is 12.8. The van der Waals surface area contributed by atoms with Crippen LogP contribution in [0, 0.1) is 13.8 Å². The van der Waals surface area contributed by atoms with E-state index >= 15 is 0 Å². The van der Waals surface area contributed by atoms with Crippen LogP contribution in [0.25, 0.3) is 11.4 Å². The third kappa shape index (κ3) is 3.96. The lowest BCUT2D eigenvalue weighted by molar-refractivity contribution is 0.0960. The van der Waals surface area contributed by atoms with E-state index in [2.05, 4.69) is 26.9 Å². The lowest BCUT2D eigenvalue weighted by Gasteiger charge is -2.17. The highest BCUT2D eigenvalue weighted by molar-refractivity contribution is 5.97. The number of aromatic nitrogens is 5. The fourth-order valence-electron chi connectivity index (χ4n) is 3.45. The molecule has 1 atom stereocenters. The second kappa shape index (κ2) is 8.35. The van der Waals surface area contributed by atoms with Gasteiger partial charge in [0, 0.05) is 29.6 Å². The first-order valence-electron chi connectivity index (χ1n) is 9.07. The lowest BCUT2D eigenvalue weighted by Crippen LogP contribution is -2.16. The monoisotopic (exact) mass is 383 g/mol. The van der Waals surface area contributed by atoms with Crippen LogP contribution in [0.2, 0.25) is 0 Å². The van der Waals surface area contributed by atoms with Gasteiger partial charge in [-0.1, -0.05) is 12.1 Å². The summed E-state index contributed by atoms with van der Waals surface area (Å²) in [6.07, 6.45) is 0. The summed E-state index contributed by atoms with van der Waals surface area (Å²) in [6, 6.07) is 9.46. The van der Waals surface area contributed by atoms with Gasteiger partial charge in [0.1, 0.15) is 12.3 Å². The highest BCUT2D eigenvalue weighted by atomic mass is 16.5. The van der Waals surface area contributed by atoms with Crippen molar-refractivity contribution < 1.29 is 14.3 Å². The summed E-state index contributed by atoms with van der Waals surface area (Å²) in [6.45, 7) is 6.61. The zero-order valence-electron chi connectivity index (χ0n) is 16.8. The zero-order valence-corrected chi connectivity index (χ0v) is 16.8. The van der Waals surface area contributed by atoms with Crippen LogP contribution in [0.4, 0.5) is 0 Å². The molecule has 0 spiro atoms. The largest absolute Gasteiger partial charge is 0.497 e. The van der Waals surface area contributed by atoms with Gasteiger partial charge in [0.05, 0.1) is 19.8 Å². The summed E-state index contributed by atoms with van der Waals surface area (Å²) in [5, 5.41) is 12.4. The molecule has 8 heteroatoms. The summed E-state index contributed by atoms with van der Waals surface area (Å²) in [5.74, 6) is 1.10. The quantitative estimate of drug-likeness (QED) is 0.556. The Labute approximate surface area is 164 Å². The van der Waals surface area contributed by atoms with Crippen LogP contribution in [0.3, 0.4) is 0 Å². The van der Waals surface area contributed by atoms with Gasteiger partial charge in [0.25, 0.3) is 0 Å². The number of ether oxygens (including phenoxy) is 2. The molecule has 1 aromatic carbocycles. The predicted molar refractivity (Wildman–Crippen MR) is 105 cm³/mol. The van der Waals surface area contributed by atoms with E-state index in [0.29, 0.717) is 23.7 Å². The molecule has 3 rings (SSSR count). The first-order chi connectivity index (χ1) is 13.4. The van der Waals surface area contributed by atoms with Crippen molar-refractivity contribution in [3.8, 4) is 17.1 Å². The second-order valence-electron chi connectivity index (χ2n) is 6.76. The van der Waals surface area contributed by atoms with Crippen LogP contribution >= 0.6 is 0 Å². The molecule has 0 aliphatic carbocycles. The van der Waals surface area contributed by atoms with Crippen molar-refractivity contribution in [2.45, 2.75) is 33.4 Å². The molecule has 0 N–H and O–H groups in total. The average molecular weight is 383 g/mol. The number of rotatable bonds is 8. The maximum atomic E-state index is 12.8.